The van der Waals surface area contributed by atoms with Crippen LogP contribution in [-0.2, 0) is 13.1 Å². The van der Waals surface area contributed by atoms with Gasteiger partial charge in [0.25, 0.3) is 0 Å². The van der Waals surface area contributed by atoms with Crippen LogP contribution in [0.25, 0.3) is 0 Å². The Bertz CT molecular complexity index is 631. The average molecular weight is 285 g/mol. The summed E-state index contributed by atoms with van der Waals surface area (Å²) in [5, 5.41) is 5.54. The Hall–Kier alpha value is -2.76. The van der Waals surface area contributed by atoms with Gasteiger partial charge in [-0.1, -0.05) is 12.1 Å². The van der Waals surface area contributed by atoms with Crippen molar-refractivity contribution in [3.05, 3.63) is 53.9 Å². The number of rotatable bonds is 4. The van der Waals surface area contributed by atoms with Gasteiger partial charge in [-0.3, -0.25) is 4.98 Å². The van der Waals surface area contributed by atoms with Crippen molar-refractivity contribution in [2.24, 2.45) is 0 Å². The molecule has 6 heteroatoms. The molecule has 2 aromatic rings. The molecule has 1 aliphatic heterocycles. The molecular formula is C15H15N3O3. The van der Waals surface area contributed by atoms with E-state index in [9.17, 15) is 4.79 Å². The van der Waals surface area contributed by atoms with E-state index in [1.165, 1.54) is 0 Å². The minimum absolute atomic E-state index is 0.238. The first-order valence-electron chi connectivity index (χ1n) is 6.61. The summed E-state index contributed by atoms with van der Waals surface area (Å²) in [5.74, 6) is 1.45. The summed E-state index contributed by atoms with van der Waals surface area (Å²) in [7, 11) is 0. The Morgan fingerprint density at radius 2 is 1.95 bits per heavy atom. The van der Waals surface area contributed by atoms with Gasteiger partial charge in [0, 0.05) is 12.7 Å². The number of ether oxygens (including phenoxy) is 2. The van der Waals surface area contributed by atoms with Crippen LogP contribution in [-0.4, -0.2) is 17.8 Å². The predicted octanol–water partition coefficient (Wildman–Crippen LogP) is 1.81. The lowest BCUT2D eigenvalue weighted by Gasteiger charge is -2.08. The van der Waals surface area contributed by atoms with Crippen LogP contribution < -0.4 is 20.1 Å². The van der Waals surface area contributed by atoms with Crippen molar-refractivity contribution in [2.75, 3.05) is 6.79 Å². The normalized spacial score (nSPS) is 12.0. The van der Waals surface area contributed by atoms with Crippen molar-refractivity contribution in [3.63, 3.8) is 0 Å². The quantitative estimate of drug-likeness (QED) is 0.898. The molecule has 0 saturated carbocycles. The average Bonchev–Trinajstić information content (AvgIpc) is 2.99. The summed E-state index contributed by atoms with van der Waals surface area (Å²) in [4.78, 5) is 15.9. The second-order valence-electron chi connectivity index (χ2n) is 4.54. The lowest BCUT2D eigenvalue weighted by atomic mass is 10.2. The molecule has 0 atom stereocenters. The summed E-state index contributed by atoms with van der Waals surface area (Å²) in [6.45, 7) is 1.06. The van der Waals surface area contributed by atoms with Crippen LogP contribution in [0, 0.1) is 0 Å². The first-order chi connectivity index (χ1) is 10.3. The third-order valence-corrected chi connectivity index (χ3v) is 3.05. The summed E-state index contributed by atoms with van der Waals surface area (Å²) >= 11 is 0. The van der Waals surface area contributed by atoms with E-state index in [1.807, 2.05) is 36.4 Å². The van der Waals surface area contributed by atoms with Gasteiger partial charge in [0.1, 0.15) is 0 Å². The van der Waals surface area contributed by atoms with E-state index in [0.717, 1.165) is 17.0 Å². The number of nitrogens with zero attached hydrogens (tertiary/aromatic N) is 1. The molecule has 21 heavy (non-hydrogen) atoms. The summed E-state index contributed by atoms with van der Waals surface area (Å²) in [6, 6.07) is 10.9. The van der Waals surface area contributed by atoms with Crippen molar-refractivity contribution < 1.29 is 14.3 Å². The second-order valence-corrected chi connectivity index (χ2v) is 4.54. The number of carbonyl (C=O) groups excluding carboxylic acids is 1. The summed E-state index contributed by atoms with van der Waals surface area (Å²) < 4.78 is 10.5. The third kappa shape index (κ3) is 3.42. The Labute approximate surface area is 122 Å². The number of amides is 2. The molecular weight excluding hydrogens is 270 g/mol. The van der Waals surface area contributed by atoms with Gasteiger partial charge in [-0.15, -0.1) is 0 Å². The number of urea groups is 1. The highest BCUT2D eigenvalue weighted by atomic mass is 16.7. The molecule has 0 unspecified atom stereocenters. The Balaban J connectivity index is 1.47. The van der Waals surface area contributed by atoms with Crippen LogP contribution in [0.3, 0.4) is 0 Å². The molecule has 1 aromatic heterocycles. The maximum atomic E-state index is 11.7. The van der Waals surface area contributed by atoms with Crippen LogP contribution in [0.2, 0.25) is 0 Å². The van der Waals surface area contributed by atoms with E-state index in [0.29, 0.717) is 18.8 Å². The highest BCUT2D eigenvalue weighted by Gasteiger charge is 2.13. The van der Waals surface area contributed by atoms with Gasteiger partial charge in [-0.05, 0) is 29.8 Å². The maximum absolute atomic E-state index is 11.7. The van der Waals surface area contributed by atoms with Crippen molar-refractivity contribution in [1.82, 2.24) is 15.6 Å². The lowest BCUT2D eigenvalue weighted by Crippen LogP contribution is -2.34. The molecule has 2 amide bonds. The van der Waals surface area contributed by atoms with Gasteiger partial charge in [-0.2, -0.15) is 0 Å². The van der Waals surface area contributed by atoms with Crippen LogP contribution in [0.15, 0.2) is 42.6 Å². The van der Waals surface area contributed by atoms with Crippen LogP contribution in [0.5, 0.6) is 11.5 Å². The predicted molar refractivity (Wildman–Crippen MR) is 75.9 cm³/mol. The van der Waals surface area contributed by atoms with E-state index in [1.54, 1.807) is 6.20 Å². The van der Waals surface area contributed by atoms with Crippen LogP contribution in [0.1, 0.15) is 11.3 Å². The molecule has 0 radical (unpaired) electrons. The highest BCUT2D eigenvalue weighted by molar-refractivity contribution is 5.73. The van der Waals surface area contributed by atoms with E-state index < -0.39 is 0 Å². The standard InChI is InChI=1S/C15H15N3O3/c19-15(18-9-12-3-1-2-6-16-12)17-8-11-4-5-13-14(7-11)21-10-20-13/h1-7H,8-10H2,(H2,17,18,19). The Kier molecular flexibility index (Phi) is 3.86. The zero-order valence-electron chi connectivity index (χ0n) is 11.3. The number of nitrogens with one attached hydrogen (secondary N) is 2. The molecule has 2 N–H and O–H groups in total. The molecule has 0 aliphatic carbocycles. The minimum Gasteiger partial charge on any atom is -0.454 e. The summed E-state index contributed by atoms with van der Waals surface area (Å²) in [6.07, 6.45) is 1.70. The van der Waals surface area contributed by atoms with Crippen LogP contribution in [0.4, 0.5) is 4.79 Å². The van der Waals surface area contributed by atoms with Gasteiger partial charge in [0.15, 0.2) is 11.5 Å². The largest absolute Gasteiger partial charge is 0.454 e. The third-order valence-electron chi connectivity index (χ3n) is 3.05. The summed E-state index contributed by atoms with van der Waals surface area (Å²) in [5.41, 5.74) is 1.77. The molecule has 1 aromatic carbocycles. The van der Waals surface area contributed by atoms with Gasteiger partial charge in [-0.25, -0.2) is 4.79 Å². The first kappa shape index (κ1) is 13.2. The van der Waals surface area contributed by atoms with Crippen LogP contribution >= 0.6 is 0 Å². The molecule has 0 saturated heterocycles. The zero-order chi connectivity index (χ0) is 14.5. The molecule has 0 fully saturated rings. The molecule has 3 rings (SSSR count). The fourth-order valence-corrected chi connectivity index (χ4v) is 1.97. The maximum Gasteiger partial charge on any atom is 0.315 e. The number of hydrogen-bond donors (Lipinski definition) is 2. The van der Waals surface area contributed by atoms with Gasteiger partial charge in [0.2, 0.25) is 6.79 Å². The van der Waals surface area contributed by atoms with Gasteiger partial charge < -0.3 is 20.1 Å². The van der Waals surface area contributed by atoms with E-state index in [2.05, 4.69) is 15.6 Å². The van der Waals surface area contributed by atoms with Crippen molar-refractivity contribution in [1.29, 1.82) is 0 Å². The highest BCUT2D eigenvalue weighted by Crippen LogP contribution is 2.32. The van der Waals surface area contributed by atoms with Gasteiger partial charge >= 0.3 is 6.03 Å². The number of hydrogen-bond acceptors (Lipinski definition) is 4. The number of fused-ring (bicyclic) bond motifs is 1. The number of pyridine rings is 1. The smallest absolute Gasteiger partial charge is 0.315 e. The topological polar surface area (TPSA) is 72.5 Å². The monoisotopic (exact) mass is 285 g/mol. The van der Waals surface area contributed by atoms with Gasteiger partial charge in [0.05, 0.1) is 12.2 Å². The molecule has 108 valence electrons. The van der Waals surface area contributed by atoms with Crippen molar-refractivity contribution in [3.8, 4) is 11.5 Å². The Morgan fingerprint density at radius 3 is 2.81 bits per heavy atom. The zero-order valence-corrected chi connectivity index (χ0v) is 11.3. The molecule has 1 aliphatic rings. The van der Waals surface area contributed by atoms with E-state index in [4.69, 9.17) is 9.47 Å². The Morgan fingerprint density at radius 1 is 1.10 bits per heavy atom. The van der Waals surface area contributed by atoms with Crippen molar-refractivity contribution in [2.45, 2.75) is 13.1 Å². The second kappa shape index (κ2) is 6.13. The fourth-order valence-electron chi connectivity index (χ4n) is 1.97. The number of carbonyl (C=O) groups is 1. The number of benzene rings is 1. The SMILES string of the molecule is O=C(NCc1ccc2c(c1)OCO2)NCc1ccccn1. The number of aromatic nitrogens is 1. The molecule has 6 nitrogen and oxygen atoms in total. The van der Waals surface area contributed by atoms with Crippen molar-refractivity contribution >= 4 is 6.03 Å². The van der Waals surface area contributed by atoms with E-state index >= 15 is 0 Å². The fraction of sp³-hybridized carbons (Fsp3) is 0.200. The lowest BCUT2D eigenvalue weighted by molar-refractivity contribution is 0.174. The molecule has 0 spiro atoms. The van der Waals surface area contributed by atoms with E-state index in [-0.39, 0.29) is 12.8 Å². The first-order valence-corrected chi connectivity index (χ1v) is 6.61. The minimum atomic E-state index is -0.238. The molecule has 2 heterocycles. The molecule has 0 bridgehead atoms.